The van der Waals surface area contributed by atoms with Gasteiger partial charge in [0, 0.05) is 14.3 Å². The van der Waals surface area contributed by atoms with Gasteiger partial charge in [0.2, 0.25) is 0 Å². The Kier molecular flexibility index (Phi) is 14.8. The van der Waals surface area contributed by atoms with Crippen molar-refractivity contribution in [2.24, 2.45) is 0 Å². The maximum Gasteiger partial charge on any atom is 0.337 e. The van der Waals surface area contributed by atoms with Gasteiger partial charge in [-0.3, -0.25) is 0 Å². The molecule has 0 aliphatic heterocycles. The molecule has 0 heterocycles. The minimum absolute atomic E-state index is 0.265. The molecule has 6 nitrogen and oxygen atoms in total. The van der Waals surface area contributed by atoms with Gasteiger partial charge in [-0.25, -0.2) is 9.59 Å². The number of carbonyl (C=O) groups is 2. The van der Waals surface area contributed by atoms with E-state index in [2.05, 4.69) is 64.7 Å². The number of carboxylic acids is 1. The molecule has 0 atom stereocenters. The summed E-state index contributed by atoms with van der Waals surface area (Å²) in [7, 11) is 1.38. The lowest BCUT2D eigenvalue weighted by Crippen LogP contribution is -2.00. The third-order valence-electron chi connectivity index (χ3n) is 7.16. The summed E-state index contributed by atoms with van der Waals surface area (Å²) in [6, 6.07) is 45.3. The molecule has 0 radical (unpaired) electrons. The van der Waals surface area contributed by atoms with E-state index < -0.39 is 5.97 Å². The minimum Gasteiger partial charge on any atom is -0.508 e. The number of alkyl halides is 1. The van der Waals surface area contributed by atoms with Gasteiger partial charge in [-0.15, -0.1) is 0 Å². The normalized spacial score (nSPS) is 10.1. The van der Waals surface area contributed by atoms with Crippen molar-refractivity contribution in [2.75, 3.05) is 7.11 Å². The second-order valence-corrected chi connectivity index (χ2v) is 13.1. The highest BCUT2D eigenvalue weighted by Gasteiger charge is 2.06. The quantitative estimate of drug-likeness (QED) is 0.117. The van der Waals surface area contributed by atoms with E-state index in [1.165, 1.54) is 7.11 Å². The molecule has 254 valence electrons. The van der Waals surface area contributed by atoms with E-state index in [0.29, 0.717) is 17.9 Å². The van der Waals surface area contributed by atoms with Gasteiger partial charge in [0.25, 0.3) is 0 Å². The number of phenolic OH excluding ortho intramolecular Hbond substituents is 1. The zero-order chi connectivity index (χ0) is 35.9. The number of benzene rings is 6. The summed E-state index contributed by atoms with van der Waals surface area (Å²) >= 11 is 10.1. The van der Waals surface area contributed by atoms with Crippen LogP contribution in [0.15, 0.2) is 155 Å². The monoisotopic (exact) mass is 858 g/mol. The van der Waals surface area contributed by atoms with Crippen molar-refractivity contribution in [3.8, 4) is 33.8 Å². The number of hydrogen-bond donors (Lipinski definition) is 2. The molecular formula is C41H33Br3O6. The molecule has 6 aromatic carbocycles. The molecular weight excluding hydrogens is 828 g/mol. The Hall–Kier alpha value is -4.70. The Balaban J connectivity index is 0.000000184. The standard InChI is InChI=1S/C20H15BrO3.C12H9BrO.C9H9BrO2/c21-18-8-4-15(5-9-18)16-6-10-19(11-7-16)24-13-14-2-1-3-17(12-14)20(22)23;13-11-5-1-9(2-6-11)10-3-7-12(14)8-4-10;1-12-9(11)8-4-2-3-7(5-8)6-10/h1-12H,13H2,(H,22,23);1-8,14H;2-5H,6H2,1H3. The van der Waals surface area contributed by atoms with E-state index in [4.69, 9.17) is 14.9 Å². The van der Waals surface area contributed by atoms with Crippen LogP contribution < -0.4 is 4.74 Å². The fraction of sp³-hybridized carbons (Fsp3) is 0.0732. The Morgan fingerprint density at radius 2 is 1.04 bits per heavy atom. The highest BCUT2D eigenvalue weighted by Crippen LogP contribution is 2.25. The maximum absolute atomic E-state index is 11.0. The SMILES string of the molecule is COC(=O)c1cccc(CBr)c1.O=C(O)c1cccc(COc2ccc(-c3ccc(Br)cc3)cc2)c1.Oc1ccc(-c2ccc(Br)cc2)cc1. The van der Waals surface area contributed by atoms with Crippen LogP contribution in [0.5, 0.6) is 11.5 Å². The van der Waals surface area contributed by atoms with E-state index in [9.17, 15) is 9.59 Å². The van der Waals surface area contributed by atoms with Crippen LogP contribution in [-0.4, -0.2) is 29.3 Å². The minimum atomic E-state index is -0.935. The molecule has 0 aliphatic rings. The van der Waals surface area contributed by atoms with Crippen molar-refractivity contribution < 1.29 is 29.3 Å². The van der Waals surface area contributed by atoms with Crippen molar-refractivity contribution in [1.82, 2.24) is 0 Å². The number of phenols is 1. The van der Waals surface area contributed by atoms with Crippen molar-refractivity contribution >= 4 is 59.7 Å². The lowest BCUT2D eigenvalue weighted by atomic mass is 10.1. The first-order valence-electron chi connectivity index (χ1n) is 15.2. The molecule has 0 spiro atoms. The molecule has 0 aliphatic carbocycles. The van der Waals surface area contributed by atoms with Crippen LogP contribution in [-0.2, 0) is 16.7 Å². The summed E-state index contributed by atoms with van der Waals surface area (Å²) in [4.78, 5) is 22.0. The van der Waals surface area contributed by atoms with Crippen molar-refractivity contribution in [3.63, 3.8) is 0 Å². The smallest absolute Gasteiger partial charge is 0.337 e. The summed E-state index contributed by atoms with van der Waals surface area (Å²) in [5.74, 6) is -0.184. The fourth-order valence-electron chi connectivity index (χ4n) is 4.54. The van der Waals surface area contributed by atoms with Crippen LogP contribution in [0.25, 0.3) is 22.3 Å². The van der Waals surface area contributed by atoms with Gasteiger partial charge in [-0.1, -0.05) is 121 Å². The summed E-state index contributed by atoms with van der Waals surface area (Å²) in [6.45, 7) is 0.332. The van der Waals surface area contributed by atoms with Crippen LogP contribution >= 0.6 is 47.8 Å². The molecule has 0 bridgehead atoms. The molecule has 0 saturated carbocycles. The summed E-state index contributed by atoms with van der Waals surface area (Å²) in [6.07, 6.45) is 0. The van der Waals surface area contributed by atoms with Gasteiger partial charge in [0.1, 0.15) is 18.1 Å². The predicted molar refractivity (Wildman–Crippen MR) is 209 cm³/mol. The largest absolute Gasteiger partial charge is 0.508 e. The van der Waals surface area contributed by atoms with Crippen LogP contribution in [0, 0.1) is 0 Å². The average molecular weight is 861 g/mol. The molecule has 9 heteroatoms. The average Bonchev–Trinajstić information content (AvgIpc) is 3.15. The number of hydrogen-bond acceptors (Lipinski definition) is 5. The van der Waals surface area contributed by atoms with Crippen LogP contribution in [0.3, 0.4) is 0 Å². The second kappa shape index (κ2) is 19.5. The van der Waals surface area contributed by atoms with Crippen LogP contribution in [0.4, 0.5) is 0 Å². The molecule has 2 N–H and O–H groups in total. The van der Waals surface area contributed by atoms with Crippen LogP contribution in [0.2, 0.25) is 0 Å². The van der Waals surface area contributed by atoms with Gasteiger partial charge in [0.05, 0.1) is 18.2 Å². The molecule has 0 saturated heterocycles. The summed E-state index contributed by atoms with van der Waals surface area (Å²) < 4.78 is 12.4. The summed E-state index contributed by atoms with van der Waals surface area (Å²) in [5.41, 5.74) is 7.26. The van der Waals surface area contributed by atoms with Crippen LogP contribution in [0.1, 0.15) is 31.8 Å². The molecule has 0 unspecified atom stereocenters. The number of rotatable bonds is 8. The molecule has 0 fully saturated rings. The first-order valence-corrected chi connectivity index (χ1v) is 17.9. The topological polar surface area (TPSA) is 93.1 Å². The molecule has 6 rings (SSSR count). The fourth-order valence-corrected chi connectivity index (χ4v) is 5.42. The third kappa shape index (κ3) is 12.0. The zero-order valence-corrected chi connectivity index (χ0v) is 31.7. The van der Waals surface area contributed by atoms with E-state index in [1.54, 1.807) is 42.5 Å². The number of ether oxygens (including phenoxy) is 2. The number of methoxy groups -OCH3 is 1. The van der Waals surface area contributed by atoms with Crippen molar-refractivity contribution in [3.05, 3.63) is 177 Å². The third-order valence-corrected chi connectivity index (χ3v) is 8.86. The highest BCUT2D eigenvalue weighted by atomic mass is 79.9. The summed E-state index contributed by atoms with van der Waals surface area (Å²) in [5, 5.41) is 18.9. The number of esters is 1. The number of carbonyl (C=O) groups excluding carboxylic acids is 1. The van der Waals surface area contributed by atoms with Crippen molar-refractivity contribution in [2.45, 2.75) is 11.9 Å². The Bertz CT molecular complexity index is 1930. The number of halogens is 3. The molecule has 0 amide bonds. The van der Waals surface area contributed by atoms with E-state index in [0.717, 1.165) is 53.4 Å². The molecule has 0 aromatic heterocycles. The maximum atomic E-state index is 11.0. The van der Waals surface area contributed by atoms with Gasteiger partial charge in [-0.05, 0) is 106 Å². The molecule has 6 aromatic rings. The van der Waals surface area contributed by atoms with Gasteiger partial charge in [0.15, 0.2) is 0 Å². The Morgan fingerprint density at radius 3 is 1.52 bits per heavy atom. The number of aromatic hydroxyl groups is 1. The Morgan fingerprint density at radius 1 is 0.600 bits per heavy atom. The van der Waals surface area contributed by atoms with E-state index in [1.807, 2.05) is 91.0 Å². The van der Waals surface area contributed by atoms with E-state index >= 15 is 0 Å². The Labute approximate surface area is 316 Å². The first kappa shape index (κ1) is 38.1. The zero-order valence-electron chi connectivity index (χ0n) is 26.9. The predicted octanol–water partition coefficient (Wildman–Crippen LogP) is 11.6. The number of carboxylic acid groups (broad SMARTS) is 1. The molecule has 50 heavy (non-hydrogen) atoms. The van der Waals surface area contributed by atoms with Gasteiger partial charge >= 0.3 is 11.9 Å². The van der Waals surface area contributed by atoms with Crippen molar-refractivity contribution in [1.29, 1.82) is 0 Å². The number of aromatic carboxylic acids is 1. The first-order chi connectivity index (χ1) is 24.1. The highest BCUT2D eigenvalue weighted by molar-refractivity contribution is 9.10. The van der Waals surface area contributed by atoms with Gasteiger partial charge < -0.3 is 19.7 Å². The van der Waals surface area contributed by atoms with E-state index in [-0.39, 0.29) is 11.5 Å². The second-order valence-electron chi connectivity index (χ2n) is 10.7. The van der Waals surface area contributed by atoms with Gasteiger partial charge in [-0.2, -0.15) is 0 Å². The lowest BCUT2D eigenvalue weighted by Gasteiger charge is -2.08. The lowest BCUT2D eigenvalue weighted by molar-refractivity contribution is 0.0599.